The number of nitriles is 1. The molecular formula is C10H7ClF3N3OS. The molecule has 19 heavy (non-hydrogen) atoms. The third kappa shape index (κ3) is 3.94. The topological polar surface area (TPSA) is 68.4 Å². The maximum Gasteiger partial charge on any atom is 0.416 e. The van der Waals surface area contributed by atoms with Crippen LogP contribution < -0.4 is 5.32 Å². The number of aromatic hydroxyl groups is 1. The maximum atomic E-state index is 12.6. The Balaban J connectivity index is 3.35. The van der Waals surface area contributed by atoms with Crippen molar-refractivity contribution < 1.29 is 18.3 Å². The number of benzene rings is 1. The van der Waals surface area contributed by atoms with Gasteiger partial charge in [-0.25, -0.2) is 4.99 Å². The number of phenols is 1. The number of nitrogens with one attached hydrogen (secondary N) is 1. The largest absolute Gasteiger partial charge is 0.504 e. The highest BCUT2D eigenvalue weighted by molar-refractivity contribution is 8.13. The average Bonchev–Trinajstić information content (AvgIpc) is 2.32. The molecule has 4 nitrogen and oxygen atoms in total. The number of halogens is 4. The average molecular weight is 310 g/mol. The summed E-state index contributed by atoms with van der Waals surface area (Å²) in [5.41, 5.74) is -1.40. The molecule has 2 N–H and O–H groups in total. The molecule has 0 bridgehead atoms. The third-order valence-electron chi connectivity index (χ3n) is 1.95. The summed E-state index contributed by atoms with van der Waals surface area (Å²) < 4.78 is 37.8. The number of nitrogens with zero attached hydrogens (tertiary/aromatic N) is 2. The fourth-order valence-corrected chi connectivity index (χ4v) is 1.67. The zero-order valence-electron chi connectivity index (χ0n) is 9.42. The molecule has 0 fully saturated rings. The Kier molecular flexibility index (Phi) is 4.91. The van der Waals surface area contributed by atoms with Gasteiger partial charge in [0.25, 0.3) is 0 Å². The van der Waals surface area contributed by atoms with Crippen LogP contribution in [0.15, 0.2) is 17.1 Å². The lowest BCUT2D eigenvalue weighted by Gasteiger charge is -2.10. The highest BCUT2D eigenvalue weighted by atomic mass is 35.5. The van der Waals surface area contributed by atoms with Gasteiger partial charge in [0.1, 0.15) is 5.69 Å². The van der Waals surface area contributed by atoms with Crippen molar-refractivity contribution in [3.05, 3.63) is 22.7 Å². The van der Waals surface area contributed by atoms with E-state index in [1.807, 2.05) is 0 Å². The van der Waals surface area contributed by atoms with Crippen molar-refractivity contribution in [2.24, 2.45) is 4.99 Å². The molecule has 1 aromatic carbocycles. The molecule has 0 aliphatic heterocycles. The van der Waals surface area contributed by atoms with E-state index in [4.69, 9.17) is 16.9 Å². The van der Waals surface area contributed by atoms with Crippen molar-refractivity contribution in [2.45, 2.75) is 6.18 Å². The Labute approximate surface area is 115 Å². The van der Waals surface area contributed by atoms with Gasteiger partial charge in [0.05, 0.1) is 10.6 Å². The molecule has 0 aliphatic rings. The first-order valence-corrected chi connectivity index (χ1v) is 6.27. The zero-order chi connectivity index (χ0) is 14.6. The minimum Gasteiger partial charge on any atom is -0.504 e. The van der Waals surface area contributed by atoms with Crippen LogP contribution in [-0.4, -0.2) is 16.5 Å². The van der Waals surface area contributed by atoms with Crippen molar-refractivity contribution >= 4 is 34.2 Å². The quantitative estimate of drug-likeness (QED) is 0.361. The van der Waals surface area contributed by atoms with Crippen LogP contribution in [0.1, 0.15) is 5.56 Å². The van der Waals surface area contributed by atoms with E-state index in [-0.39, 0.29) is 10.9 Å². The Morgan fingerprint density at radius 1 is 1.53 bits per heavy atom. The number of alkyl halides is 3. The summed E-state index contributed by atoms with van der Waals surface area (Å²) in [7, 11) is 0. The lowest BCUT2D eigenvalue weighted by Crippen LogP contribution is -2.12. The van der Waals surface area contributed by atoms with Crippen LogP contribution >= 0.6 is 23.4 Å². The summed E-state index contributed by atoms with van der Waals surface area (Å²) in [6, 6.07) is 1.25. The van der Waals surface area contributed by atoms with E-state index in [0.29, 0.717) is 12.1 Å². The third-order valence-corrected chi connectivity index (χ3v) is 2.82. The number of aliphatic imine (C=N–C) groups is 1. The lowest BCUT2D eigenvalue weighted by atomic mass is 10.2. The first-order chi connectivity index (χ1) is 8.79. The smallest absolute Gasteiger partial charge is 0.416 e. The Morgan fingerprint density at radius 2 is 2.16 bits per heavy atom. The Morgan fingerprint density at radius 3 is 2.63 bits per heavy atom. The first-order valence-electron chi connectivity index (χ1n) is 4.67. The predicted octanol–water partition coefficient (Wildman–Crippen LogP) is 3.49. The van der Waals surface area contributed by atoms with Gasteiger partial charge in [-0.3, -0.25) is 5.32 Å². The fourth-order valence-electron chi connectivity index (χ4n) is 1.12. The molecule has 0 unspecified atom stereocenters. The second-order valence-corrected chi connectivity index (χ2v) is 4.38. The van der Waals surface area contributed by atoms with E-state index < -0.39 is 22.5 Å². The lowest BCUT2D eigenvalue weighted by molar-refractivity contribution is -0.137. The van der Waals surface area contributed by atoms with Crippen molar-refractivity contribution in [2.75, 3.05) is 6.26 Å². The molecule has 0 atom stereocenters. The van der Waals surface area contributed by atoms with Crippen molar-refractivity contribution in [1.82, 2.24) is 5.32 Å². The maximum absolute atomic E-state index is 12.6. The van der Waals surface area contributed by atoms with E-state index in [0.717, 1.165) is 11.8 Å². The minimum absolute atomic E-state index is 0.0354. The van der Waals surface area contributed by atoms with Crippen LogP contribution in [0.25, 0.3) is 0 Å². The van der Waals surface area contributed by atoms with Gasteiger partial charge in [-0.05, 0) is 18.4 Å². The summed E-state index contributed by atoms with van der Waals surface area (Å²) >= 11 is 6.52. The highest BCUT2D eigenvalue weighted by Crippen LogP contribution is 2.41. The van der Waals surface area contributed by atoms with Crippen LogP contribution in [0.4, 0.5) is 18.9 Å². The Bertz CT molecular complexity index is 554. The van der Waals surface area contributed by atoms with Gasteiger partial charge in [-0.1, -0.05) is 23.4 Å². The second kappa shape index (κ2) is 6.04. The molecule has 0 heterocycles. The van der Waals surface area contributed by atoms with E-state index >= 15 is 0 Å². The van der Waals surface area contributed by atoms with Crippen LogP contribution in [0.2, 0.25) is 5.02 Å². The zero-order valence-corrected chi connectivity index (χ0v) is 11.0. The molecule has 102 valence electrons. The predicted molar refractivity (Wildman–Crippen MR) is 67.5 cm³/mol. The summed E-state index contributed by atoms with van der Waals surface area (Å²) in [5, 5.41) is 19.7. The van der Waals surface area contributed by atoms with Crippen molar-refractivity contribution in [1.29, 1.82) is 5.26 Å². The first kappa shape index (κ1) is 15.5. The monoisotopic (exact) mass is 309 g/mol. The van der Waals surface area contributed by atoms with Gasteiger partial charge in [-0.2, -0.15) is 18.4 Å². The van der Waals surface area contributed by atoms with Gasteiger partial charge in [0, 0.05) is 0 Å². The summed E-state index contributed by atoms with van der Waals surface area (Å²) in [4.78, 5) is 3.71. The van der Waals surface area contributed by atoms with Gasteiger partial charge < -0.3 is 5.11 Å². The van der Waals surface area contributed by atoms with Crippen LogP contribution in [0.5, 0.6) is 5.75 Å². The normalized spacial score (nSPS) is 12.1. The summed E-state index contributed by atoms with van der Waals surface area (Å²) in [5.74, 6) is -0.582. The van der Waals surface area contributed by atoms with Crippen LogP contribution in [-0.2, 0) is 6.18 Å². The molecule has 0 aliphatic carbocycles. The molecule has 0 saturated heterocycles. The molecule has 9 heteroatoms. The SMILES string of the molecule is CSC(=Nc1cc(C(F)(F)F)cc(Cl)c1O)NC#N. The van der Waals surface area contributed by atoms with E-state index in [9.17, 15) is 18.3 Å². The number of hydrogen-bond acceptors (Lipinski definition) is 4. The second-order valence-electron chi connectivity index (χ2n) is 3.18. The van der Waals surface area contributed by atoms with Gasteiger partial charge in [-0.15, -0.1) is 0 Å². The van der Waals surface area contributed by atoms with Gasteiger partial charge in [0.15, 0.2) is 17.1 Å². The molecule has 0 radical (unpaired) electrons. The minimum atomic E-state index is -4.61. The molecule has 1 rings (SSSR count). The molecular weight excluding hydrogens is 303 g/mol. The van der Waals surface area contributed by atoms with E-state index in [1.165, 1.54) is 0 Å². The molecule has 0 saturated carbocycles. The standard InChI is InChI=1S/C10H7ClF3N3OS/c1-19-9(16-4-15)17-7-3-5(10(12,13)14)2-6(11)8(7)18/h2-3,18H,1H3,(H,16,17). The van der Waals surface area contributed by atoms with Crippen LogP contribution in [0.3, 0.4) is 0 Å². The molecule has 0 spiro atoms. The number of rotatable bonds is 1. The molecule has 0 amide bonds. The van der Waals surface area contributed by atoms with Crippen LogP contribution in [0, 0.1) is 11.5 Å². The van der Waals surface area contributed by atoms with Gasteiger partial charge >= 0.3 is 6.18 Å². The Hall–Kier alpha value is -1.59. The van der Waals surface area contributed by atoms with E-state index in [2.05, 4.69) is 10.3 Å². The van der Waals surface area contributed by atoms with E-state index in [1.54, 1.807) is 12.4 Å². The summed E-state index contributed by atoms with van der Waals surface area (Å²) in [6.07, 6.45) is -1.46. The number of hydrogen-bond donors (Lipinski definition) is 2. The summed E-state index contributed by atoms with van der Waals surface area (Å²) in [6.45, 7) is 0. The number of amidine groups is 1. The van der Waals surface area contributed by atoms with Crippen molar-refractivity contribution in [3.63, 3.8) is 0 Å². The van der Waals surface area contributed by atoms with Crippen molar-refractivity contribution in [3.8, 4) is 11.9 Å². The number of thioether (sulfide) groups is 1. The highest BCUT2D eigenvalue weighted by Gasteiger charge is 2.32. The molecule has 0 aromatic heterocycles. The van der Waals surface area contributed by atoms with Gasteiger partial charge in [0.2, 0.25) is 0 Å². The fraction of sp³-hybridized carbons (Fsp3) is 0.200. The number of phenolic OH excluding ortho intramolecular Hbond substituents is 1. The molecule has 1 aromatic rings.